The number of aromatic nitrogens is 2. The fourth-order valence-electron chi connectivity index (χ4n) is 2.02. The van der Waals surface area contributed by atoms with E-state index in [-0.39, 0.29) is 6.04 Å². The molecule has 102 valence electrons. The third-order valence-electron chi connectivity index (χ3n) is 3.12. The van der Waals surface area contributed by atoms with Gasteiger partial charge < -0.3 is 4.57 Å². The van der Waals surface area contributed by atoms with Crippen molar-refractivity contribution in [3.8, 4) is 0 Å². The Kier molecular flexibility index (Phi) is 5.15. The van der Waals surface area contributed by atoms with Gasteiger partial charge >= 0.3 is 0 Å². The summed E-state index contributed by atoms with van der Waals surface area (Å²) in [4.78, 5) is 4.33. The number of imidazole rings is 1. The van der Waals surface area contributed by atoms with Crippen molar-refractivity contribution < 1.29 is 0 Å². The Morgan fingerprint density at radius 2 is 2.21 bits per heavy atom. The molecule has 0 saturated carbocycles. The molecule has 4 nitrogen and oxygen atoms in total. The number of nitrogens with one attached hydrogen (secondary N) is 1. The standard InChI is InChI=1S/C13H16Br2N4/c1-19-7-6-17-13(19)5-4-12(18-16)10-3-2-9(14)8-11(10)15/h2-3,6-8,12,18H,4-5,16H2,1H3. The molecule has 2 rings (SSSR count). The van der Waals surface area contributed by atoms with E-state index in [1.807, 2.05) is 36.1 Å². The van der Waals surface area contributed by atoms with Gasteiger partial charge in [-0.2, -0.15) is 0 Å². The van der Waals surface area contributed by atoms with E-state index in [1.165, 1.54) is 0 Å². The van der Waals surface area contributed by atoms with Crippen LogP contribution in [-0.2, 0) is 13.5 Å². The third kappa shape index (κ3) is 3.66. The zero-order chi connectivity index (χ0) is 13.8. The molecule has 0 aliphatic heterocycles. The zero-order valence-electron chi connectivity index (χ0n) is 10.6. The van der Waals surface area contributed by atoms with Gasteiger partial charge in [-0.15, -0.1) is 0 Å². The number of aryl methyl sites for hydroxylation is 2. The van der Waals surface area contributed by atoms with Gasteiger partial charge in [-0.1, -0.05) is 37.9 Å². The summed E-state index contributed by atoms with van der Waals surface area (Å²) in [6.07, 6.45) is 5.54. The van der Waals surface area contributed by atoms with Crippen LogP contribution in [0.15, 0.2) is 39.5 Å². The maximum Gasteiger partial charge on any atom is 0.108 e. The molecule has 0 saturated heterocycles. The molecule has 0 spiro atoms. The molecule has 2 aromatic rings. The minimum atomic E-state index is 0.0965. The molecule has 0 amide bonds. The molecule has 19 heavy (non-hydrogen) atoms. The van der Waals surface area contributed by atoms with Crippen LogP contribution in [0.2, 0.25) is 0 Å². The van der Waals surface area contributed by atoms with Crippen LogP contribution in [0, 0.1) is 0 Å². The second-order valence-electron chi connectivity index (χ2n) is 4.38. The largest absolute Gasteiger partial charge is 0.338 e. The fraction of sp³-hybridized carbons (Fsp3) is 0.308. The highest BCUT2D eigenvalue weighted by Crippen LogP contribution is 2.28. The number of rotatable bonds is 5. The smallest absolute Gasteiger partial charge is 0.108 e. The van der Waals surface area contributed by atoms with Crippen molar-refractivity contribution in [3.05, 3.63) is 50.9 Å². The van der Waals surface area contributed by atoms with Crippen molar-refractivity contribution in [2.24, 2.45) is 12.9 Å². The van der Waals surface area contributed by atoms with Gasteiger partial charge in [0.2, 0.25) is 0 Å². The third-order valence-corrected chi connectivity index (χ3v) is 4.30. The van der Waals surface area contributed by atoms with Gasteiger partial charge in [-0.05, 0) is 24.1 Å². The molecule has 1 aromatic carbocycles. The number of hydrazine groups is 1. The van der Waals surface area contributed by atoms with E-state index in [0.717, 1.165) is 33.2 Å². The van der Waals surface area contributed by atoms with Crippen molar-refractivity contribution in [3.63, 3.8) is 0 Å². The van der Waals surface area contributed by atoms with Crippen LogP contribution in [0.4, 0.5) is 0 Å². The number of nitrogens with two attached hydrogens (primary N) is 1. The second kappa shape index (κ2) is 6.65. The molecule has 0 aliphatic carbocycles. The first kappa shape index (κ1) is 14.7. The number of hydrogen-bond acceptors (Lipinski definition) is 3. The zero-order valence-corrected chi connectivity index (χ0v) is 13.8. The van der Waals surface area contributed by atoms with Crippen molar-refractivity contribution in [1.29, 1.82) is 0 Å². The summed E-state index contributed by atoms with van der Waals surface area (Å²) in [6.45, 7) is 0. The van der Waals surface area contributed by atoms with Crippen LogP contribution < -0.4 is 11.3 Å². The van der Waals surface area contributed by atoms with Gasteiger partial charge in [0.15, 0.2) is 0 Å². The molecular weight excluding hydrogens is 372 g/mol. The SMILES string of the molecule is Cn1ccnc1CCC(NN)c1ccc(Br)cc1Br. The average Bonchev–Trinajstić information content (AvgIpc) is 2.78. The summed E-state index contributed by atoms with van der Waals surface area (Å²) >= 11 is 7.03. The van der Waals surface area contributed by atoms with E-state index in [2.05, 4.69) is 48.3 Å². The average molecular weight is 388 g/mol. The Morgan fingerprint density at radius 1 is 1.42 bits per heavy atom. The normalized spacial score (nSPS) is 12.6. The summed E-state index contributed by atoms with van der Waals surface area (Å²) in [5, 5.41) is 0. The van der Waals surface area contributed by atoms with Gasteiger partial charge in [-0.25, -0.2) is 4.98 Å². The minimum absolute atomic E-state index is 0.0965. The first-order valence-corrected chi connectivity index (χ1v) is 7.57. The summed E-state index contributed by atoms with van der Waals surface area (Å²) in [5.41, 5.74) is 4.03. The number of halogens is 2. The fourth-order valence-corrected chi connectivity index (χ4v) is 3.35. The Balaban J connectivity index is 2.10. The van der Waals surface area contributed by atoms with E-state index < -0.39 is 0 Å². The lowest BCUT2D eigenvalue weighted by Gasteiger charge is -2.18. The summed E-state index contributed by atoms with van der Waals surface area (Å²) in [5.74, 6) is 6.74. The lowest BCUT2D eigenvalue weighted by atomic mass is 10.0. The summed E-state index contributed by atoms with van der Waals surface area (Å²) < 4.78 is 4.12. The Morgan fingerprint density at radius 3 is 2.79 bits per heavy atom. The Bertz CT molecular complexity index is 553. The Labute approximate surface area is 129 Å². The topological polar surface area (TPSA) is 55.9 Å². The highest BCUT2D eigenvalue weighted by atomic mass is 79.9. The lowest BCUT2D eigenvalue weighted by Crippen LogP contribution is -2.28. The molecule has 1 unspecified atom stereocenters. The first-order valence-electron chi connectivity index (χ1n) is 5.99. The summed E-state index contributed by atoms with van der Waals surface area (Å²) in [6, 6.07) is 6.21. The number of hydrogen-bond donors (Lipinski definition) is 2. The van der Waals surface area contributed by atoms with Crippen LogP contribution >= 0.6 is 31.9 Å². The molecule has 0 aliphatic rings. The monoisotopic (exact) mass is 386 g/mol. The van der Waals surface area contributed by atoms with Gasteiger partial charge in [0.1, 0.15) is 5.82 Å². The molecule has 6 heteroatoms. The van der Waals surface area contributed by atoms with Crippen molar-refractivity contribution in [2.45, 2.75) is 18.9 Å². The van der Waals surface area contributed by atoms with Crippen molar-refractivity contribution >= 4 is 31.9 Å². The predicted molar refractivity (Wildman–Crippen MR) is 83.4 cm³/mol. The molecule has 0 bridgehead atoms. The molecule has 0 radical (unpaired) electrons. The van der Waals surface area contributed by atoms with Crippen LogP contribution in [0.1, 0.15) is 23.9 Å². The van der Waals surface area contributed by atoms with E-state index in [9.17, 15) is 0 Å². The van der Waals surface area contributed by atoms with Crippen LogP contribution in [-0.4, -0.2) is 9.55 Å². The molecule has 1 atom stereocenters. The number of nitrogens with zero attached hydrogens (tertiary/aromatic N) is 2. The van der Waals surface area contributed by atoms with Gasteiger partial charge in [0.05, 0.1) is 0 Å². The molecule has 1 heterocycles. The van der Waals surface area contributed by atoms with Crippen LogP contribution in [0.25, 0.3) is 0 Å². The molecule has 1 aromatic heterocycles. The van der Waals surface area contributed by atoms with Gasteiger partial charge in [0, 0.05) is 40.8 Å². The first-order chi connectivity index (χ1) is 9.11. The maximum absolute atomic E-state index is 5.68. The van der Waals surface area contributed by atoms with Crippen molar-refractivity contribution in [2.75, 3.05) is 0 Å². The van der Waals surface area contributed by atoms with Gasteiger partial charge in [0.25, 0.3) is 0 Å². The van der Waals surface area contributed by atoms with Gasteiger partial charge in [-0.3, -0.25) is 11.3 Å². The lowest BCUT2D eigenvalue weighted by molar-refractivity contribution is 0.505. The van der Waals surface area contributed by atoms with E-state index in [4.69, 9.17) is 5.84 Å². The second-order valence-corrected chi connectivity index (χ2v) is 6.15. The van der Waals surface area contributed by atoms with E-state index in [0.29, 0.717) is 0 Å². The van der Waals surface area contributed by atoms with Crippen LogP contribution in [0.3, 0.4) is 0 Å². The highest BCUT2D eigenvalue weighted by Gasteiger charge is 2.14. The minimum Gasteiger partial charge on any atom is -0.338 e. The van der Waals surface area contributed by atoms with Crippen molar-refractivity contribution in [1.82, 2.24) is 15.0 Å². The highest BCUT2D eigenvalue weighted by molar-refractivity contribution is 9.11. The van der Waals surface area contributed by atoms with E-state index >= 15 is 0 Å². The quantitative estimate of drug-likeness (QED) is 0.612. The van der Waals surface area contributed by atoms with Crippen LogP contribution in [0.5, 0.6) is 0 Å². The number of benzene rings is 1. The predicted octanol–water partition coefficient (Wildman–Crippen LogP) is 3.08. The maximum atomic E-state index is 5.68. The summed E-state index contributed by atoms with van der Waals surface area (Å²) in [7, 11) is 2.00. The molecule has 3 N–H and O–H groups in total. The molecular formula is C13H16Br2N4. The Hall–Kier alpha value is -0.690. The van der Waals surface area contributed by atoms with E-state index in [1.54, 1.807) is 0 Å². The molecule has 0 fully saturated rings.